The van der Waals surface area contributed by atoms with Gasteiger partial charge in [0.15, 0.2) is 0 Å². The van der Waals surface area contributed by atoms with Crippen molar-refractivity contribution in [2.24, 2.45) is 0 Å². The molecule has 0 spiro atoms. The van der Waals surface area contributed by atoms with Crippen LogP contribution in [0, 0.1) is 5.82 Å². The molecule has 0 bridgehead atoms. The Kier molecular flexibility index (Phi) is 8.91. The van der Waals surface area contributed by atoms with Gasteiger partial charge in [-0.25, -0.2) is 4.39 Å². The number of hydrogen-bond donors (Lipinski definition) is 0. The summed E-state index contributed by atoms with van der Waals surface area (Å²) in [5, 5.41) is 0. The fraction of sp³-hybridized carbons (Fsp3) is 0.379. The first-order chi connectivity index (χ1) is 16.3. The molecule has 0 aliphatic carbocycles. The quantitative estimate of drug-likeness (QED) is 0.330. The Morgan fingerprint density at radius 2 is 1.42 bits per heavy atom. The lowest BCUT2D eigenvalue weighted by Gasteiger charge is -2.36. The second-order valence-corrected chi connectivity index (χ2v) is 8.81. The maximum Gasteiger partial charge on any atom is 0.123 e. The smallest absolute Gasteiger partial charge is 0.123 e. The SMILES string of the molecule is Fc1ccc(N2CCN(CCCOC(CCCc3ccccc3)c3ccccc3)CC2)cc1. The van der Waals surface area contributed by atoms with E-state index in [-0.39, 0.29) is 11.9 Å². The van der Waals surface area contributed by atoms with Crippen LogP contribution < -0.4 is 4.90 Å². The maximum atomic E-state index is 13.2. The molecule has 0 N–H and O–H groups in total. The van der Waals surface area contributed by atoms with E-state index in [0.717, 1.165) is 70.7 Å². The van der Waals surface area contributed by atoms with Crippen molar-refractivity contribution in [3.63, 3.8) is 0 Å². The second kappa shape index (κ2) is 12.5. The van der Waals surface area contributed by atoms with Crippen LogP contribution in [0.5, 0.6) is 0 Å². The van der Waals surface area contributed by atoms with Gasteiger partial charge in [-0.05, 0) is 61.1 Å². The summed E-state index contributed by atoms with van der Waals surface area (Å²) in [4.78, 5) is 4.85. The molecule has 174 valence electrons. The summed E-state index contributed by atoms with van der Waals surface area (Å²) in [5.74, 6) is -0.175. The van der Waals surface area contributed by atoms with Crippen LogP contribution in [-0.4, -0.2) is 44.2 Å². The van der Waals surface area contributed by atoms with Crippen molar-refractivity contribution >= 4 is 5.69 Å². The molecule has 1 unspecified atom stereocenters. The lowest BCUT2D eigenvalue weighted by molar-refractivity contribution is 0.0388. The highest BCUT2D eigenvalue weighted by Crippen LogP contribution is 2.24. The first-order valence-electron chi connectivity index (χ1n) is 12.2. The summed E-state index contributed by atoms with van der Waals surface area (Å²) in [6.45, 7) is 5.89. The molecule has 33 heavy (non-hydrogen) atoms. The minimum absolute atomic E-state index is 0.158. The van der Waals surface area contributed by atoms with Crippen molar-refractivity contribution in [2.75, 3.05) is 44.2 Å². The Morgan fingerprint density at radius 1 is 0.758 bits per heavy atom. The zero-order valence-electron chi connectivity index (χ0n) is 19.4. The van der Waals surface area contributed by atoms with Crippen molar-refractivity contribution in [1.29, 1.82) is 0 Å². The summed E-state index contributed by atoms with van der Waals surface area (Å²) in [6, 6.07) is 28.2. The number of hydrogen-bond acceptors (Lipinski definition) is 3. The minimum Gasteiger partial charge on any atom is -0.373 e. The van der Waals surface area contributed by atoms with Gasteiger partial charge in [0.25, 0.3) is 0 Å². The Bertz CT molecular complexity index is 925. The monoisotopic (exact) mass is 446 g/mol. The van der Waals surface area contributed by atoms with Crippen LogP contribution in [-0.2, 0) is 11.2 Å². The number of halogens is 1. The molecular weight excluding hydrogens is 411 g/mol. The summed E-state index contributed by atoms with van der Waals surface area (Å²) in [5.41, 5.74) is 3.78. The van der Waals surface area contributed by atoms with Gasteiger partial charge in [0.2, 0.25) is 0 Å². The number of rotatable bonds is 11. The van der Waals surface area contributed by atoms with Crippen LogP contribution in [0.25, 0.3) is 0 Å². The third-order valence-electron chi connectivity index (χ3n) is 6.45. The van der Waals surface area contributed by atoms with Crippen molar-refractivity contribution in [3.8, 4) is 0 Å². The molecule has 3 aromatic carbocycles. The van der Waals surface area contributed by atoms with E-state index in [1.165, 1.54) is 11.1 Å². The molecule has 3 nitrogen and oxygen atoms in total. The molecule has 0 saturated carbocycles. The van der Waals surface area contributed by atoms with Crippen LogP contribution >= 0.6 is 0 Å². The molecule has 3 aromatic rings. The number of benzene rings is 3. The van der Waals surface area contributed by atoms with Gasteiger partial charge in [0.1, 0.15) is 5.82 Å². The molecular formula is C29H35FN2O. The van der Waals surface area contributed by atoms with Crippen LogP contribution in [0.15, 0.2) is 84.9 Å². The third kappa shape index (κ3) is 7.41. The first-order valence-corrected chi connectivity index (χ1v) is 12.2. The highest BCUT2D eigenvalue weighted by Gasteiger charge is 2.17. The number of ether oxygens (including phenoxy) is 1. The zero-order valence-corrected chi connectivity index (χ0v) is 19.4. The molecule has 1 atom stereocenters. The maximum absolute atomic E-state index is 13.2. The van der Waals surface area contributed by atoms with Gasteiger partial charge in [-0.15, -0.1) is 0 Å². The number of nitrogens with zero attached hydrogens (tertiary/aromatic N) is 2. The second-order valence-electron chi connectivity index (χ2n) is 8.81. The van der Waals surface area contributed by atoms with E-state index in [4.69, 9.17) is 4.74 Å². The van der Waals surface area contributed by atoms with E-state index in [0.29, 0.717) is 0 Å². The molecule has 1 aliphatic rings. The molecule has 0 aromatic heterocycles. The van der Waals surface area contributed by atoms with Crippen molar-refractivity contribution in [2.45, 2.75) is 31.8 Å². The van der Waals surface area contributed by atoms with Crippen molar-refractivity contribution < 1.29 is 9.13 Å². The average Bonchev–Trinajstić information content (AvgIpc) is 2.87. The number of piperazine rings is 1. The van der Waals surface area contributed by atoms with Gasteiger partial charge in [0, 0.05) is 45.0 Å². The Morgan fingerprint density at radius 3 is 2.12 bits per heavy atom. The fourth-order valence-electron chi connectivity index (χ4n) is 4.55. The van der Waals surface area contributed by atoms with E-state index in [1.807, 2.05) is 12.1 Å². The van der Waals surface area contributed by atoms with E-state index in [2.05, 4.69) is 70.5 Å². The Labute approximate surface area is 197 Å². The summed E-state index contributed by atoms with van der Waals surface area (Å²) >= 11 is 0. The lowest BCUT2D eigenvalue weighted by Crippen LogP contribution is -2.46. The van der Waals surface area contributed by atoms with E-state index in [9.17, 15) is 4.39 Å². The van der Waals surface area contributed by atoms with E-state index < -0.39 is 0 Å². The number of anilines is 1. The molecule has 0 amide bonds. The third-order valence-corrected chi connectivity index (χ3v) is 6.45. The Hall–Kier alpha value is -2.69. The first kappa shape index (κ1) is 23.5. The Balaban J connectivity index is 1.18. The van der Waals surface area contributed by atoms with Crippen LogP contribution in [0.4, 0.5) is 10.1 Å². The summed E-state index contributed by atoms with van der Waals surface area (Å²) in [6.07, 6.45) is 4.44. The van der Waals surface area contributed by atoms with Crippen LogP contribution in [0.2, 0.25) is 0 Å². The van der Waals surface area contributed by atoms with Gasteiger partial charge in [-0.1, -0.05) is 60.7 Å². The molecule has 1 aliphatic heterocycles. The minimum atomic E-state index is -0.175. The molecule has 1 heterocycles. The largest absolute Gasteiger partial charge is 0.373 e. The topological polar surface area (TPSA) is 15.7 Å². The summed E-state index contributed by atoms with van der Waals surface area (Å²) in [7, 11) is 0. The zero-order chi connectivity index (χ0) is 22.7. The molecule has 4 rings (SSSR count). The predicted molar refractivity (Wildman–Crippen MR) is 134 cm³/mol. The van der Waals surface area contributed by atoms with E-state index >= 15 is 0 Å². The summed E-state index contributed by atoms with van der Waals surface area (Å²) < 4.78 is 19.5. The normalized spacial score (nSPS) is 15.5. The molecule has 1 saturated heterocycles. The van der Waals surface area contributed by atoms with Gasteiger partial charge >= 0.3 is 0 Å². The highest BCUT2D eigenvalue weighted by molar-refractivity contribution is 5.46. The van der Waals surface area contributed by atoms with Crippen molar-refractivity contribution in [3.05, 3.63) is 102 Å². The van der Waals surface area contributed by atoms with Gasteiger partial charge in [0.05, 0.1) is 6.10 Å². The standard InChI is InChI=1S/C29H35FN2O/c30-27-15-17-28(18-16-27)32-22-20-31(21-23-32)19-8-24-33-29(26-12-5-2-6-13-26)14-7-11-25-9-3-1-4-10-25/h1-6,9-10,12-13,15-18,29H,7-8,11,14,19-24H2. The van der Waals surface area contributed by atoms with Gasteiger partial charge in [-0.2, -0.15) is 0 Å². The number of aryl methyl sites for hydroxylation is 1. The lowest BCUT2D eigenvalue weighted by atomic mass is 10.0. The highest BCUT2D eigenvalue weighted by atomic mass is 19.1. The van der Waals surface area contributed by atoms with Gasteiger partial charge < -0.3 is 9.64 Å². The van der Waals surface area contributed by atoms with Crippen molar-refractivity contribution in [1.82, 2.24) is 4.90 Å². The molecule has 0 radical (unpaired) electrons. The molecule has 4 heteroatoms. The van der Waals surface area contributed by atoms with Gasteiger partial charge in [-0.3, -0.25) is 4.90 Å². The van der Waals surface area contributed by atoms with Crippen LogP contribution in [0.1, 0.15) is 36.5 Å². The fourth-order valence-corrected chi connectivity index (χ4v) is 4.55. The molecule has 1 fully saturated rings. The van der Waals surface area contributed by atoms with E-state index in [1.54, 1.807) is 12.1 Å². The predicted octanol–water partition coefficient (Wildman–Crippen LogP) is 6.12. The van der Waals surface area contributed by atoms with Crippen LogP contribution in [0.3, 0.4) is 0 Å². The average molecular weight is 447 g/mol.